The second kappa shape index (κ2) is 5.74. The Balaban J connectivity index is 0.000001000. The molecule has 0 aromatic heterocycles. The molecule has 60 valence electrons. The summed E-state index contributed by atoms with van der Waals surface area (Å²) < 4.78 is 0.964. The van der Waals surface area contributed by atoms with E-state index in [9.17, 15) is 0 Å². The maximum atomic E-state index is 3.29. The number of benzene rings is 1. The number of hydrogen-bond acceptors (Lipinski definition) is 0. The molecule has 0 fully saturated rings. The maximum absolute atomic E-state index is 3.29. The molecule has 0 radical (unpaired) electrons. The van der Waals surface area contributed by atoms with E-state index in [0.717, 1.165) is 3.39 Å². The van der Waals surface area contributed by atoms with E-state index in [1.807, 2.05) is 36.4 Å². The van der Waals surface area contributed by atoms with E-state index in [2.05, 4.69) is 31.9 Å². The molecule has 0 aliphatic carbocycles. The van der Waals surface area contributed by atoms with Crippen LogP contribution in [-0.4, -0.2) is 11.0 Å². The van der Waals surface area contributed by atoms with Crippen molar-refractivity contribution in [1.29, 1.82) is 0 Å². The van der Waals surface area contributed by atoms with Gasteiger partial charge in [-0.05, 0) is 54.5 Å². The smallest absolute Gasteiger partial charge is 0.0610 e. The molecular weight excluding hydrogens is 284 g/mol. The van der Waals surface area contributed by atoms with E-state index < -0.39 is 0 Å². The highest BCUT2D eigenvalue weighted by Crippen LogP contribution is 2.17. The molecule has 1 aromatic rings. The molecule has 0 saturated heterocycles. The fourth-order valence-corrected chi connectivity index (χ4v) is 1.20. The quantitative estimate of drug-likeness (QED) is 0.697. The van der Waals surface area contributed by atoms with Crippen LogP contribution >= 0.6 is 31.9 Å². The topological polar surface area (TPSA) is 0 Å². The highest BCUT2D eigenvalue weighted by Gasteiger charge is 1.84. The summed E-state index contributed by atoms with van der Waals surface area (Å²) in [7, 11) is 0. The van der Waals surface area contributed by atoms with Crippen molar-refractivity contribution in [2.45, 2.75) is 0 Å². The Morgan fingerprint density at radius 3 is 2.09 bits per heavy atom. The first kappa shape index (κ1) is 11.1. The van der Waals surface area contributed by atoms with Crippen LogP contribution in [0.2, 0.25) is 0 Å². The van der Waals surface area contributed by atoms with E-state index in [4.69, 9.17) is 0 Å². The minimum absolute atomic E-state index is 0. The first-order chi connectivity index (χ1) is 4.79. The van der Waals surface area contributed by atoms with Crippen molar-refractivity contribution in [3.8, 4) is 0 Å². The summed E-state index contributed by atoms with van der Waals surface area (Å²) in [5, 5.41) is 0. The minimum atomic E-state index is 0. The summed E-state index contributed by atoms with van der Waals surface area (Å²) >= 11 is 6.58. The van der Waals surface area contributed by atoms with Gasteiger partial charge in [0, 0.05) is 0 Å². The van der Waals surface area contributed by atoms with Crippen molar-refractivity contribution in [2.75, 3.05) is 0 Å². The second-order valence-electron chi connectivity index (χ2n) is 1.84. The van der Waals surface area contributed by atoms with Gasteiger partial charge in [-0.25, -0.2) is 0 Å². The lowest BCUT2D eigenvalue weighted by molar-refractivity contribution is 1.66. The largest absolute Gasteiger partial charge is 0.0622 e. The lowest BCUT2D eigenvalue weighted by Crippen LogP contribution is -1.66. The van der Waals surface area contributed by atoms with Crippen molar-refractivity contribution >= 4 is 48.9 Å². The van der Waals surface area contributed by atoms with Crippen molar-refractivity contribution in [1.82, 2.24) is 0 Å². The van der Waals surface area contributed by atoms with E-state index in [1.165, 1.54) is 5.56 Å². The number of rotatable bonds is 1. The van der Waals surface area contributed by atoms with Crippen LogP contribution in [0.5, 0.6) is 0 Å². The van der Waals surface area contributed by atoms with E-state index in [1.54, 1.807) is 0 Å². The molecule has 0 atom stereocenters. The zero-order valence-electron chi connectivity index (χ0n) is 5.22. The normalized spacial score (nSPS) is 8.18. The monoisotopic (exact) mass is 292 g/mol. The van der Waals surface area contributed by atoms with Gasteiger partial charge in [0.15, 0.2) is 0 Å². The second-order valence-corrected chi connectivity index (χ2v) is 4.62. The molecule has 0 spiro atoms. The summed E-state index contributed by atoms with van der Waals surface area (Å²) in [5.41, 5.74) is 1.19. The van der Waals surface area contributed by atoms with Gasteiger partial charge in [0.05, 0.1) is 3.39 Å². The zero-order chi connectivity index (χ0) is 7.40. The third-order valence-electron chi connectivity index (χ3n) is 1.08. The lowest BCUT2D eigenvalue weighted by Gasteiger charge is -1.89. The molecule has 0 saturated carbocycles. The Morgan fingerprint density at radius 2 is 1.64 bits per heavy atom. The van der Waals surface area contributed by atoms with Gasteiger partial charge in [0.25, 0.3) is 0 Å². The molecule has 1 rings (SSSR count). The Bertz CT molecular complexity index is 227. The van der Waals surface area contributed by atoms with E-state index in [-0.39, 0.29) is 11.0 Å². The first-order valence-corrected chi connectivity index (χ1v) is 4.45. The molecule has 0 aliphatic rings. The minimum Gasteiger partial charge on any atom is -0.0622 e. The molecule has 0 nitrogen and oxygen atoms in total. The Labute approximate surface area is 88.0 Å². The SMILES string of the molecule is BrC(Br)=Cc1ccccc1.[SiH4]. The summed E-state index contributed by atoms with van der Waals surface area (Å²) in [6.07, 6.45) is 2.00. The van der Waals surface area contributed by atoms with Gasteiger partial charge in [-0.1, -0.05) is 30.3 Å². The van der Waals surface area contributed by atoms with Crippen LogP contribution in [0.3, 0.4) is 0 Å². The van der Waals surface area contributed by atoms with Crippen LogP contribution < -0.4 is 0 Å². The van der Waals surface area contributed by atoms with Gasteiger partial charge < -0.3 is 0 Å². The highest BCUT2D eigenvalue weighted by atomic mass is 79.9. The van der Waals surface area contributed by atoms with Crippen LogP contribution in [0.1, 0.15) is 5.56 Å². The van der Waals surface area contributed by atoms with Crippen molar-refractivity contribution < 1.29 is 0 Å². The third-order valence-corrected chi connectivity index (χ3v) is 1.53. The number of hydrogen-bond donors (Lipinski definition) is 0. The summed E-state index contributed by atoms with van der Waals surface area (Å²) in [4.78, 5) is 0. The third kappa shape index (κ3) is 4.56. The molecule has 3 heteroatoms. The van der Waals surface area contributed by atoms with Crippen molar-refractivity contribution in [2.24, 2.45) is 0 Å². The molecule has 0 aliphatic heterocycles. The zero-order valence-corrected chi connectivity index (χ0v) is 8.39. The van der Waals surface area contributed by atoms with Gasteiger partial charge >= 0.3 is 0 Å². The molecule has 0 unspecified atom stereocenters. The van der Waals surface area contributed by atoms with Gasteiger partial charge in [0.1, 0.15) is 0 Å². The van der Waals surface area contributed by atoms with Gasteiger partial charge in [0.2, 0.25) is 0 Å². The van der Waals surface area contributed by atoms with E-state index >= 15 is 0 Å². The molecule has 0 bridgehead atoms. The van der Waals surface area contributed by atoms with E-state index in [0.29, 0.717) is 0 Å². The van der Waals surface area contributed by atoms with Crippen LogP contribution in [-0.2, 0) is 0 Å². The highest BCUT2D eigenvalue weighted by molar-refractivity contribution is 9.28. The van der Waals surface area contributed by atoms with Crippen LogP contribution in [0.25, 0.3) is 6.08 Å². The Morgan fingerprint density at radius 1 is 1.09 bits per heavy atom. The van der Waals surface area contributed by atoms with Crippen LogP contribution in [0, 0.1) is 0 Å². The molecule has 0 heterocycles. The predicted octanol–water partition coefficient (Wildman–Crippen LogP) is 2.32. The fourth-order valence-electron chi connectivity index (χ4n) is 0.675. The maximum Gasteiger partial charge on any atom is 0.0610 e. The van der Waals surface area contributed by atoms with Crippen LogP contribution in [0.15, 0.2) is 33.7 Å². The van der Waals surface area contributed by atoms with Gasteiger partial charge in [-0.3, -0.25) is 0 Å². The fraction of sp³-hybridized carbons (Fsp3) is 0. The van der Waals surface area contributed by atoms with Crippen molar-refractivity contribution in [3.63, 3.8) is 0 Å². The Kier molecular flexibility index (Phi) is 5.82. The molecule has 0 amide bonds. The number of halogens is 2. The van der Waals surface area contributed by atoms with Crippen LogP contribution in [0.4, 0.5) is 0 Å². The predicted molar refractivity (Wildman–Crippen MR) is 63.6 cm³/mol. The first-order valence-electron chi connectivity index (χ1n) is 2.87. The van der Waals surface area contributed by atoms with Gasteiger partial charge in [-0.2, -0.15) is 0 Å². The summed E-state index contributed by atoms with van der Waals surface area (Å²) in [6.45, 7) is 0. The molecule has 1 aromatic carbocycles. The molecular formula is C8H10Br2Si. The lowest BCUT2D eigenvalue weighted by atomic mass is 10.2. The average Bonchev–Trinajstić information content (AvgIpc) is 1.88. The summed E-state index contributed by atoms with van der Waals surface area (Å²) in [5.74, 6) is 0. The summed E-state index contributed by atoms with van der Waals surface area (Å²) in [6, 6.07) is 10.1. The van der Waals surface area contributed by atoms with Gasteiger partial charge in [-0.15, -0.1) is 0 Å². The molecule has 11 heavy (non-hydrogen) atoms. The van der Waals surface area contributed by atoms with Crippen molar-refractivity contribution in [3.05, 3.63) is 39.3 Å². The average molecular weight is 294 g/mol. The Hall–Kier alpha value is 0.137. The standard InChI is InChI=1S/C8H6Br2.H4Si/c9-8(10)6-7-4-2-1-3-5-7;/h1-6H;1H4. The molecule has 0 N–H and O–H groups in total.